The number of methoxy groups -OCH3 is 1. The fourth-order valence-corrected chi connectivity index (χ4v) is 4.49. The van der Waals surface area contributed by atoms with E-state index in [2.05, 4.69) is 15.4 Å². The minimum absolute atomic E-state index is 0.0384. The van der Waals surface area contributed by atoms with Gasteiger partial charge in [-0.25, -0.2) is 4.79 Å². The summed E-state index contributed by atoms with van der Waals surface area (Å²) in [7, 11) is 1.34. The molecule has 2 heterocycles. The Morgan fingerprint density at radius 2 is 2.16 bits per heavy atom. The van der Waals surface area contributed by atoms with E-state index in [1.54, 1.807) is 0 Å². The maximum absolute atomic E-state index is 13.3. The van der Waals surface area contributed by atoms with E-state index >= 15 is 0 Å². The van der Waals surface area contributed by atoms with Crippen LogP contribution < -0.4 is 15.4 Å². The first-order chi connectivity index (χ1) is 15.6. The van der Waals surface area contributed by atoms with Gasteiger partial charge in [0.1, 0.15) is 18.5 Å². The number of aryl methyl sites for hydroxylation is 1. The summed E-state index contributed by atoms with van der Waals surface area (Å²) in [5, 5.41) is 5.89. The van der Waals surface area contributed by atoms with E-state index in [9.17, 15) is 9.59 Å². The monoisotopic (exact) mass is 446 g/mol. The molecule has 0 aromatic carbocycles. The Hall–Kier alpha value is -2.39. The predicted octanol–water partition coefficient (Wildman–Crippen LogP) is 1.74. The summed E-state index contributed by atoms with van der Waals surface area (Å²) >= 11 is 0. The Morgan fingerprint density at radius 3 is 2.88 bits per heavy atom. The van der Waals surface area contributed by atoms with Crippen molar-refractivity contribution >= 4 is 12.0 Å². The second-order valence-corrected chi connectivity index (χ2v) is 8.66. The number of alkyl carbamates (subject to hydrolysis) is 1. The standard InChI is InChI=1S/C23H34N4O5/c1-15(27(16-7-8-16)22(28)21-14-24-9-11-32-21)19-13-20(31-12-10-25-23(29)30-2)17-5-3-4-6-18(17)26-19/h13,15-16,21,24H,3-12,14H2,1-2H3,(H,25,29)/t15-,21-/m1/s1. The number of fused-ring (bicyclic) bond motifs is 1. The Bertz CT molecular complexity index is 823. The van der Waals surface area contributed by atoms with E-state index < -0.39 is 12.2 Å². The molecule has 0 bridgehead atoms. The maximum atomic E-state index is 13.3. The number of rotatable bonds is 8. The van der Waals surface area contributed by atoms with Crippen LogP contribution in [0.25, 0.3) is 0 Å². The minimum atomic E-state index is -0.474. The van der Waals surface area contributed by atoms with E-state index in [4.69, 9.17) is 14.5 Å². The van der Waals surface area contributed by atoms with Gasteiger partial charge in [-0.2, -0.15) is 0 Å². The van der Waals surface area contributed by atoms with Crippen molar-refractivity contribution < 1.29 is 23.8 Å². The van der Waals surface area contributed by atoms with Gasteiger partial charge in [0, 0.05) is 36.5 Å². The average Bonchev–Trinajstić information content (AvgIpc) is 3.67. The van der Waals surface area contributed by atoms with Crippen LogP contribution in [0.2, 0.25) is 0 Å². The third kappa shape index (κ3) is 5.32. The molecule has 2 atom stereocenters. The fraction of sp³-hybridized carbons (Fsp3) is 0.696. The predicted molar refractivity (Wildman–Crippen MR) is 118 cm³/mol. The second-order valence-electron chi connectivity index (χ2n) is 8.66. The number of pyridine rings is 1. The molecule has 32 heavy (non-hydrogen) atoms. The van der Waals surface area contributed by atoms with Crippen molar-refractivity contribution in [1.82, 2.24) is 20.5 Å². The molecule has 9 nitrogen and oxygen atoms in total. The molecular weight excluding hydrogens is 412 g/mol. The van der Waals surface area contributed by atoms with Gasteiger partial charge in [0.25, 0.3) is 5.91 Å². The molecule has 2 N–H and O–H groups in total. The van der Waals surface area contributed by atoms with Crippen molar-refractivity contribution in [3.63, 3.8) is 0 Å². The number of ether oxygens (including phenoxy) is 3. The molecule has 3 aliphatic rings. The third-order valence-corrected chi connectivity index (χ3v) is 6.34. The summed E-state index contributed by atoms with van der Waals surface area (Å²) in [6.07, 6.45) is 5.19. The van der Waals surface area contributed by atoms with E-state index in [0.717, 1.165) is 67.8 Å². The number of nitrogens with zero attached hydrogens (tertiary/aromatic N) is 2. The Labute approximate surface area is 189 Å². The largest absolute Gasteiger partial charge is 0.491 e. The van der Waals surface area contributed by atoms with Crippen molar-refractivity contribution in [2.24, 2.45) is 0 Å². The van der Waals surface area contributed by atoms with E-state index in [1.807, 2.05) is 17.9 Å². The number of nitrogens with one attached hydrogen (secondary N) is 2. The van der Waals surface area contributed by atoms with Crippen LogP contribution in [0, 0.1) is 0 Å². The normalized spacial score (nSPS) is 21.2. The number of carbonyl (C=O) groups excluding carboxylic acids is 2. The summed E-state index contributed by atoms with van der Waals surface area (Å²) in [4.78, 5) is 31.6. The summed E-state index contributed by atoms with van der Waals surface area (Å²) in [5.41, 5.74) is 3.07. The maximum Gasteiger partial charge on any atom is 0.406 e. The summed E-state index contributed by atoms with van der Waals surface area (Å²) < 4.78 is 16.4. The summed E-state index contributed by atoms with van der Waals surface area (Å²) in [6, 6.07) is 2.06. The minimum Gasteiger partial charge on any atom is -0.491 e. The van der Waals surface area contributed by atoms with Crippen LogP contribution >= 0.6 is 0 Å². The number of aromatic nitrogens is 1. The molecule has 2 amide bonds. The molecule has 0 radical (unpaired) electrons. The van der Waals surface area contributed by atoms with Crippen LogP contribution in [0.5, 0.6) is 5.75 Å². The lowest BCUT2D eigenvalue weighted by molar-refractivity contribution is -0.148. The first-order valence-corrected chi connectivity index (χ1v) is 11.7. The lowest BCUT2D eigenvalue weighted by Crippen LogP contribution is -2.50. The third-order valence-electron chi connectivity index (χ3n) is 6.34. The Balaban J connectivity index is 1.53. The van der Waals surface area contributed by atoms with Crippen LogP contribution in [0.1, 0.15) is 55.6 Å². The highest BCUT2D eigenvalue weighted by Gasteiger charge is 2.40. The number of carbonyl (C=O) groups is 2. The molecule has 0 unspecified atom stereocenters. The van der Waals surface area contributed by atoms with Gasteiger partial charge in [-0.05, 0) is 45.4 Å². The number of hydrogen-bond donors (Lipinski definition) is 2. The van der Waals surface area contributed by atoms with Crippen molar-refractivity contribution in [2.75, 3.05) is 40.0 Å². The lowest BCUT2D eigenvalue weighted by atomic mass is 9.94. The summed E-state index contributed by atoms with van der Waals surface area (Å²) in [5.74, 6) is 0.846. The van der Waals surface area contributed by atoms with Crippen LogP contribution in [0.3, 0.4) is 0 Å². The zero-order valence-corrected chi connectivity index (χ0v) is 19.0. The van der Waals surface area contributed by atoms with Gasteiger partial charge >= 0.3 is 6.09 Å². The quantitative estimate of drug-likeness (QED) is 0.587. The van der Waals surface area contributed by atoms with Crippen molar-refractivity contribution in [1.29, 1.82) is 0 Å². The van der Waals surface area contributed by atoms with Gasteiger partial charge in [0.2, 0.25) is 0 Å². The average molecular weight is 447 g/mol. The van der Waals surface area contributed by atoms with Gasteiger partial charge < -0.3 is 29.7 Å². The zero-order valence-electron chi connectivity index (χ0n) is 19.0. The van der Waals surface area contributed by atoms with E-state index in [0.29, 0.717) is 26.3 Å². The number of hydrogen-bond acceptors (Lipinski definition) is 7. The molecule has 1 aliphatic heterocycles. The van der Waals surface area contributed by atoms with Crippen LogP contribution in [0.4, 0.5) is 4.79 Å². The van der Waals surface area contributed by atoms with Gasteiger partial charge in [-0.3, -0.25) is 9.78 Å². The smallest absolute Gasteiger partial charge is 0.406 e. The fourth-order valence-electron chi connectivity index (χ4n) is 4.49. The van der Waals surface area contributed by atoms with Crippen molar-refractivity contribution in [2.45, 2.75) is 63.6 Å². The van der Waals surface area contributed by atoms with Crippen molar-refractivity contribution in [3.05, 3.63) is 23.0 Å². The van der Waals surface area contributed by atoms with Gasteiger partial charge in [0.05, 0.1) is 32.0 Å². The molecule has 0 spiro atoms. The molecule has 2 aliphatic carbocycles. The van der Waals surface area contributed by atoms with Crippen molar-refractivity contribution in [3.8, 4) is 5.75 Å². The molecule has 9 heteroatoms. The SMILES string of the molecule is COC(=O)NCCOc1cc([C@@H](C)N(C(=O)[C@H]2CNCCO2)C2CC2)nc2c1CCCC2. The molecule has 4 rings (SSSR count). The number of amides is 2. The number of morpholine rings is 1. The van der Waals surface area contributed by atoms with E-state index in [-0.39, 0.29) is 18.0 Å². The molecule has 1 saturated heterocycles. The molecule has 1 aromatic rings. The molecule has 1 aromatic heterocycles. The highest BCUT2D eigenvalue weighted by atomic mass is 16.5. The topological polar surface area (TPSA) is 102 Å². The first-order valence-electron chi connectivity index (χ1n) is 11.7. The first kappa shape index (κ1) is 22.8. The molecular formula is C23H34N4O5. The highest BCUT2D eigenvalue weighted by Crippen LogP contribution is 2.37. The highest BCUT2D eigenvalue weighted by molar-refractivity contribution is 5.82. The zero-order chi connectivity index (χ0) is 22.5. The lowest BCUT2D eigenvalue weighted by Gasteiger charge is -2.34. The van der Waals surface area contributed by atoms with Crippen LogP contribution in [0.15, 0.2) is 6.07 Å². The van der Waals surface area contributed by atoms with Crippen LogP contribution in [-0.2, 0) is 27.1 Å². The van der Waals surface area contributed by atoms with Gasteiger partial charge in [-0.15, -0.1) is 0 Å². The second kappa shape index (κ2) is 10.5. The Morgan fingerprint density at radius 1 is 1.34 bits per heavy atom. The molecule has 176 valence electrons. The Kier molecular flexibility index (Phi) is 7.47. The van der Waals surface area contributed by atoms with Crippen LogP contribution in [-0.4, -0.2) is 74.0 Å². The molecule has 1 saturated carbocycles. The molecule has 2 fully saturated rings. The van der Waals surface area contributed by atoms with Gasteiger partial charge in [0.15, 0.2) is 0 Å². The van der Waals surface area contributed by atoms with Gasteiger partial charge in [-0.1, -0.05) is 0 Å². The summed E-state index contributed by atoms with van der Waals surface area (Å²) in [6.45, 7) is 4.62. The van der Waals surface area contributed by atoms with E-state index in [1.165, 1.54) is 7.11 Å².